The van der Waals surface area contributed by atoms with Crippen LogP contribution in [-0.4, -0.2) is 9.13 Å². The Morgan fingerprint density at radius 3 is 1.76 bits per heavy atom. The molecular weight excluding hydrogens is 749 g/mol. The molecule has 2 aromatic heterocycles. The second-order valence-corrected chi connectivity index (χ2v) is 16.9. The van der Waals surface area contributed by atoms with Gasteiger partial charge in [0.05, 0.1) is 22.1 Å². The molecule has 1 aliphatic rings. The van der Waals surface area contributed by atoms with Gasteiger partial charge in [-0.1, -0.05) is 164 Å². The van der Waals surface area contributed by atoms with Crippen molar-refractivity contribution in [3.05, 3.63) is 218 Å². The van der Waals surface area contributed by atoms with Crippen LogP contribution in [0.3, 0.4) is 0 Å². The van der Waals surface area contributed by atoms with E-state index in [9.17, 15) is 0 Å². The third-order valence-corrected chi connectivity index (χ3v) is 13.6. The molecule has 2 nitrogen and oxygen atoms in total. The molecule has 0 spiro atoms. The number of rotatable bonds is 4. The summed E-state index contributed by atoms with van der Waals surface area (Å²) in [6, 6.07) is 81.0. The third kappa shape index (κ3) is 4.69. The Hall–Kier alpha value is -8.20. The Balaban J connectivity index is 0.908. The van der Waals surface area contributed by atoms with Gasteiger partial charge in [0.2, 0.25) is 0 Å². The van der Waals surface area contributed by atoms with E-state index in [1.807, 2.05) is 0 Å². The summed E-state index contributed by atoms with van der Waals surface area (Å²) in [6.07, 6.45) is 0. The largest absolute Gasteiger partial charge is 0.309 e. The summed E-state index contributed by atoms with van der Waals surface area (Å²) in [4.78, 5) is 0. The number of benzene rings is 11. The molecule has 2 heteroatoms. The second kappa shape index (κ2) is 12.7. The van der Waals surface area contributed by atoms with E-state index < -0.39 is 0 Å². The number of hydrogen-bond acceptors (Lipinski definition) is 0. The zero-order chi connectivity index (χ0) is 40.5. The predicted molar refractivity (Wildman–Crippen MR) is 263 cm³/mol. The topological polar surface area (TPSA) is 9.86 Å². The lowest BCUT2D eigenvalue weighted by molar-refractivity contribution is 1.18. The third-order valence-electron chi connectivity index (χ3n) is 13.6. The van der Waals surface area contributed by atoms with Gasteiger partial charge in [-0.25, -0.2) is 0 Å². The van der Waals surface area contributed by atoms with Gasteiger partial charge >= 0.3 is 0 Å². The average Bonchev–Trinajstić information content (AvgIpc) is 3.98. The minimum absolute atomic E-state index is 1.16. The van der Waals surface area contributed by atoms with Crippen molar-refractivity contribution in [1.82, 2.24) is 9.13 Å². The van der Waals surface area contributed by atoms with E-state index in [1.54, 1.807) is 0 Å². The quantitative estimate of drug-likeness (QED) is 0.168. The Labute approximate surface area is 357 Å². The van der Waals surface area contributed by atoms with Crippen LogP contribution in [0, 0.1) is 0 Å². The van der Waals surface area contributed by atoms with Crippen LogP contribution >= 0.6 is 0 Å². The SMILES string of the molecule is c1ccc(-n2c3ccc(-c4ccc5c6ccccc6n(-c6ccc7cc(-c8ccc9c%10c(cccc8%10)-c8ccccc8-9)ccc7c6)c5c4)cc3c3ccc4ccccc4c32)cc1. The van der Waals surface area contributed by atoms with E-state index in [4.69, 9.17) is 0 Å². The Bertz CT molecular complexity index is 4000. The molecule has 0 aliphatic heterocycles. The highest BCUT2D eigenvalue weighted by atomic mass is 15.0. The molecule has 11 aromatic carbocycles. The fraction of sp³-hybridized carbons (Fsp3) is 0. The standard InChI is InChI=1S/C60H36N2/c1-2-12-43(13-3-1)62-57-32-26-40(35-55(57)54-29-24-37-11-4-5-14-46(37)60(54)62)41-25-28-50-49-17-8-9-20-56(49)61(58(50)36-41)44-27-23-38-33-42(22-21-39(38)34-44)45-30-31-53-48-16-7-6-15-47(48)52-19-10-18-51(45)59(52)53/h1-36H. The normalized spacial score (nSPS) is 12.2. The van der Waals surface area contributed by atoms with Gasteiger partial charge in [-0.2, -0.15) is 0 Å². The van der Waals surface area contributed by atoms with Gasteiger partial charge in [-0.05, 0) is 126 Å². The van der Waals surface area contributed by atoms with E-state index in [2.05, 4.69) is 228 Å². The number of hydrogen-bond donors (Lipinski definition) is 0. The average molecular weight is 785 g/mol. The van der Waals surface area contributed by atoms with E-state index >= 15 is 0 Å². The van der Waals surface area contributed by atoms with Crippen molar-refractivity contribution in [2.45, 2.75) is 0 Å². The molecule has 1 aliphatic carbocycles. The molecule has 0 saturated heterocycles. The van der Waals surface area contributed by atoms with Gasteiger partial charge in [0, 0.05) is 38.3 Å². The molecule has 0 radical (unpaired) electrons. The molecule has 0 fully saturated rings. The Morgan fingerprint density at radius 2 is 0.855 bits per heavy atom. The summed E-state index contributed by atoms with van der Waals surface area (Å²) in [6.45, 7) is 0. The minimum atomic E-state index is 1.16. The summed E-state index contributed by atoms with van der Waals surface area (Å²) >= 11 is 0. The highest BCUT2D eigenvalue weighted by Gasteiger charge is 2.23. The lowest BCUT2D eigenvalue weighted by Gasteiger charge is -2.13. The maximum atomic E-state index is 2.45. The van der Waals surface area contributed by atoms with Crippen molar-refractivity contribution in [3.8, 4) is 55.9 Å². The number of nitrogens with zero attached hydrogens (tertiary/aromatic N) is 2. The highest BCUT2D eigenvalue weighted by molar-refractivity contribution is 6.20. The molecule has 0 amide bonds. The Morgan fingerprint density at radius 1 is 0.242 bits per heavy atom. The highest BCUT2D eigenvalue weighted by Crippen LogP contribution is 2.49. The van der Waals surface area contributed by atoms with Crippen molar-refractivity contribution in [2.75, 3.05) is 0 Å². The molecule has 0 unspecified atom stereocenters. The number of fused-ring (bicyclic) bond motifs is 12. The molecule has 0 atom stereocenters. The maximum absolute atomic E-state index is 2.45. The van der Waals surface area contributed by atoms with Crippen LogP contribution in [0.5, 0.6) is 0 Å². The first-order valence-corrected chi connectivity index (χ1v) is 21.5. The van der Waals surface area contributed by atoms with Crippen LogP contribution in [0.4, 0.5) is 0 Å². The summed E-state index contributed by atoms with van der Waals surface area (Å²) < 4.78 is 4.89. The van der Waals surface area contributed by atoms with Crippen LogP contribution < -0.4 is 0 Å². The molecule has 0 N–H and O–H groups in total. The lowest BCUT2D eigenvalue weighted by atomic mass is 9.93. The zero-order valence-electron chi connectivity index (χ0n) is 33.7. The van der Waals surface area contributed by atoms with Crippen molar-refractivity contribution in [1.29, 1.82) is 0 Å². The Kier molecular flexibility index (Phi) is 6.86. The fourth-order valence-electron chi connectivity index (χ4n) is 10.8. The predicted octanol–water partition coefficient (Wildman–Crippen LogP) is 16.3. The maximum Gasteiger partial charge on any atom is 0.0619 e. The number of aromatic nitrogens is 2. The van der Waals surface area contributed by atoms with E-state index in [0.717, 1.165) is 5.69 Å². The monoisotopic (exact) mass is 784 g/mol. The van der Waals surface area contributed by atoms with Gasteiger partial charge in [0.15, 0.2) is 0 Å². The smallest absolute Gasteiger partial charge is 0.0619 e. The summed E-state index contributed by atoms with van der Waals surface area (Å²) in [5.41, 5.74) is 17.4. The molecule has 2 heterocycles. The minimum Gasteiger partial charge on any atom is -0.309 e. The summed E-state index contributed by atoms with van der Waals surface area (Å²) in [5, 5.41) is 12.7. The van der Waals surface area contributed by atoms with Gasteiger partial charge < -0.3 is 9.13 Å². The van der Waals surface area contributed by atoms with Crippen molar-refractivity contribution in [3.63, 3.8) is 0 Å². The van der Waals surface area contributed by atoms with E-state index in [0.29, 0.717) is 0 Å². The van der Waals surface area contributed by atoms with Crippen LogP contribution in [0.15, 0.2) is 218 Å². The van der Waals surface area contributed by atoms with Gasteiger partial charge in [0.25, 0.3) is 0 Å². The lowest BCUT2D eigenvalue weighted by Crippen LogP contribution is -1.94. The van der Waals surface area contributed by atoms with Crippen LogP contribution in [0.1, 0.15) is 0 Å². The first kappa shape index (κ1) is 33.6. The first-order valence-electron chi connectivity index (χ1n) is 21.5. The summed E-state index contributed by atoms with van der Waals surface area (Å²) in [5.74, 6) is 0. The van der Waals surface area contributed by atoms with Crippen LogP contribution in [0.25, 0.3) is 132 Å². The molecule has 13 aromatic rings. The molecule has 0 bridgehead atoms. The molecule has 286 valence electrons. The fourth-order valence-corrected chi connectivity index (χ4v) is 10.8. The van der Waals surface area contributed by atoms with Crippen molar-refractivity contribution in [2.24, 2.45) is 0 Å². The molecular formula is C60H36N2. The van der Waals surface area contributed by atoms with Gasteiger partial charge in [0.1, 0.15) is 0 Å². The van der Waals surface area contributed by atoms with Crippen molar-refractivity contribution < 1.29 is 0 Å². The molecule has 14 rings (SSSR count). The van der Waals surface area contributed by atoms with Gasteiger partial charge in [-0.3, -0.25) is 0 Å². The summed E-state index contributed by atoms with van der Waals surface area (Å²) in [7, 11) is 0. The van der Waals surface area contributed by atoms with Gasteiger partial charge in [-0.15, -0.1) is 0 Å². The zero-order valence-corrected chi connectivity index (χ0v) is 33.7. The second-order valence-electron chi connectivity index (χ2n) is 16.9. The van der Waals surface area contributed by atoms with Crippen LogP contribution in [-0.2, 0) is 0 Å². The van der Waals surface area contributed by atoms with Crippen LogP contribution in [0.2, 0.25) is 0 Å². The van der Waals surface area contributed by atoms with E-state index in [1.165, 1.54) is 126 Å². The van der Waals surface area contributed by atoms with E-state index in [-0.39, 0.29) is 0 Å². The van der Waals surface area contributed by atoms with Crippen molar-refractivity contribution >= 4 is 75.9 Å². The molecule has 0 saturated carbocycles. The molecule has 62 heavy (non-hydrogen) atoms. The first-order chi connectivity index (χ1) is 30.7. The number of para-hydroxylation sites is 2.